The molecule has 0 spiro atoms. The van der Waals surface area contributed by atoms with Gasteiger partial charge >= 0.3 is 0 Å². The fourth-order valence-corrected chi connectivity index (χ4v) is 3.39. The third-order valence-electron chi connectivity index (χ3n) is 4.44. The van der Waals surface area contributed by atoms with Crippen molar-refractivity contribution in [3.8, 4) is 5.75 Å². The number of rotatable bonds is 8. The Hall–Kier alpha value is -1.02. The molecule has 1 atom stereocenters. The Balaban J connectivity index is 1.92. The molecule has 1 saturated carbocycles. The highest BCUT2D eigenvalue weighted by atomic mass is 16.5. The van der Waals surface area contributed by atoms with Gasteiger partial charge in [-0.05, 0) is 56.8 Å². The van der Waals surface area contributed by atoms with Gasteiger partial charge < -0.3 is 10.1 Å². The van der Waals surface area contributed by atoms with Crippen molar-refractivity contribution in [3.63, 3.8) is 0 Å². The first-order valence-corrected chi connectivity index (χ1v) is 8.69. The van der Waals surface area contributed by atoms with Crippen LogP contribution in [0, 0.1) is 5.92 Å². The first-order valence-electron chi connectivity index (χ1n) is 8.69. The van der Waals surface area contributed by atoms with E-state index >= 15 is 0 Å². The van der Waals surface area contributed by atoms with Crippen LogP contribution in [0.3, 0.4) is 0 Å². The third kappa shape index (κ3) is 5.35. The average Bonchev–Trinajstić information content (AvgIpc) is 2.97. The number of ether oxygens (including phenoxy) is 1. The first kappa shape index (κ1) is 16.4. The van der Waals surface area contributed by atoms with Gasteiger partial charge in [-0.3, -0.25) is 0 Å². The molecular formula is C19H31NO. The molecule has 0 heterocycles. The van der Waals surface area contributed by atoms with E-state index in [9.17, 15) is 0 Å². The molecule has 1 N–H and O–H groups in total. The second-order valence-electron chi connectivity index (χ2n) is 6.57. The molecule has 0 aliphatic heterocycles. The second-order valence-corrected chi connectivity index (χ2v) is 6.57. The summed E-state index contributed by atoms with van der Waals surface area (Å²) in [4.78, 5) is 0. The van der Waals surface area contributed by atoms with Gasteiger partial charge in [0, 0.05) is 6.04 Å². The largest absolute Gasteiger partial charge is 0.491 e. The summed E-state index contributed by atoms with van der Waals surface area (Å²) in [6.07, 6.45) is 8.63. The molecule has 2 heteroatoms. The molecular weight excluding hydrogens is 258 g/mol. The van der Waals surface area contributed by atoms with Crippen molar-refractivity contribution in [2.24, 2.45) is 5.92 Å². The fraction of sp³-hybridized carbons (Fsp3) is 0.684. The van der Waals surface area contributed by atoms with Gasteiger partial charge in [-0.1, -0.05) is 44.7 Å². The Kier molecular flexibility index (Phi) is 6.56. The average molecular weight is 289 g/mol. The van der Waals surface area contributed by atoms with E-state index in [0.717, 1.165) is 18.2 Å². The van der Waals surface area contributed by atoms with E-state index in [1.54, 1.807) is 0 Å². The van der Waals surface area contributed by atoms with Gasteiger partial charge in [0.25, 0.3) is 0 Å². The molecule has 1 aromatic rings. The van der Waals surface area contributed by atoms with Gasteiger partial charge in [0.05, 0.1) is 6.10 Å². The van der Waals surface area contributed by atoms with Crippen molar-refractivity contribution in [3.05, 3.63) is 29.8 Å². The van der Waals surface area contributed by atoms with Gasteiger partial charge in [-0.25, -0.2) is 0 Å². The zero-order valence-corrected chi connectivity index (χ0v) is 13.9. The molecule has 1 aromatic carbocycles. The van der Waals surface area contributed by atoms with Crippen molar-refractivity contribution in [2.45, 2.75) is 71.4 Å². The molecule has 0 amide bonds. The maximum absolute atomic E-state index is 5.73. The molecule has 2 rings (SSSR count). The Morgan fingerprint density at radius 2 is 1.81 bits per heavy atom. The summed E-state index contributed by atoms with van der Waals surface area (Å²) in [5.41, 5.74) is 1.39. The molecule has 1 aliphatic carbocycles. The molecule has 21 heavy (non-hydrogen) atoms. The lowest BCUT2D eigenvalue weighted by molar-refractivity contribution is 0.242. The molecule has 1 fully saturated rings. The molecule has 0 radical (unpaired) electrons. The number of hydrogen-bond donors (Lipinski definition) is 1. The summed E-state index contributed by atoms with van der Waals surface area (Å²) in [5, 5.41) is 3.64. The van der Waals surface area contributed by atoms with E-state index in [4.69, 9.17) is 4.74 Å². The van der Waals surface area contributed by atoms with Gasteiger partial charge in [0.1, 0.15) is 5.75 Å². The van der Waals surface area contributed by atoms with E-state index in [-0.39, 0.29) is 6.10 Å². The van der Waals surface area contributed by atoms with Crippen LogP contribution in [0.15, 0.2) is 24.3 Å². The zero-order valence-electron chi connectivity index (χ0n) is 13.9. The lowest BCUT2D eigenvalue weighted by Crippen LogP contribution is -2.21. The molecule has 1 unspecified atom stereocenters. The highest BCUT2D eigenvalue weighted by molar-refractivity contribution is 5.29. The maximum Gasteiger partial charge on any atom is 0.119 e. The van der Waals surface area contributed by atoms with Crippen LogP contribution < -0.4 is 10.1 Å². The second kappa shape index (κ2) is 8.43. The summed E-state index contributed by atoms with van der Waals surface area (Å²) in [6, 6.07) is 9.15. The van der Waals surface area contributed by atoms with E-state index in [1.165, 1.54) is 44.1 Å². The Bertz CT molecular complexity index is 393. The maximum atomic E-state index is 5.73. The molecule has 0 bridgehead atoms. The molecule has 118 valence electrons. The van der Waals surface area contributed by atoms with Crippen LogP contribution >= 0.6 is 0 Å². The van der Waals surface area contributed by atoms with E-state index < -0.39 is 0 Å². The molecule has 0 saturated heterocycles. The number of nitrogens with one attached hydrogen (secondary N) is 1. The zero-order chi connectivity index (χ0) is 15.1. The summed E-state index contributed by atoms with van der Waals surface area (Å²) in [7, 11) is 0. The van der Waals surface area contributed by atoms with Crippen molar-refractivity contribution in [1.82, 2.24) is 5.32 Å². The quantitative estimate of drug-likeness (QED) is 0.719. The number of hydrogen-bond acceptors (Lipinski definition) is 2. The Labute approximate surface area is 130 Å². The van der Waals surface area contributed by atoms with Crippen molar-refractivity contribution in [2.75, 3.05) is 6.54 Å². The predicted octanol–water partition coefficient (Wildman–Crippen LogP) is 5.09. The highest BCUT2D eigenvalue weighted by Crippen LogP contribution is 2.31. The van der Waals surface area contributed by atoms with Gasteiger partial charge in [-0.2, -0.15) is 0 Å². The lowest BCUT2D eigenvalue weighted by atomic mass is 9.94. The SMILES string of the molecule is CCNC(CCC1CCCC1)c1ccc(OC(C)C)cc1. The highest BCUT2D eigenvalue weighted by Gasteiger charge is 2.18. The first-order chi connectivity index (χ1) is 10.2. The number of benzene rings is 1. The van der Waals surface area contributed by atoms with Crippen LogP contribution in [-0.4, -0.2) is 12.6 Å². The van der Waals surface area contributed by atoms with Crippen LogP contribution in [0.5, 0.6) is 5.75 Å². The monoisotopic (exact) mass is 289 g/mol. The van der Waals surface area contributed by atoms with Gasteiger partial charge in [-0.15, -0.1) is 0 Å². The standard InChI is InChI=1S/C19H31NO/c1-4-20-19(14-9-16-7-5-6-8-16)17-10-12-18(13-11-17)21-15(2)3/h10-13,15-16,19-20H,4-9,14H2,1-3H3. The van der Waals surface area contributed by atoms with E-state index in [2.05, 4.69) is 50.4 Å². The van der Waals surface area contributed by atoms with Crippen LogP contribution in [-0.2, 0) is 0 Å². The minimum absolute atomic E-state index is 0.239. The summed E-state index contributed by atoms with van der Waals surface area (Å²) >= 11 is 0. The fourth-order valence-electron chi connectivity index (χ4n) is 3.39. The van der Waals surface area contributed by atoms with E-state index in [0.29, 0.717) is 6.04 Å². The van der Waals surface area contributed by atoms with Crippen molar-refractivity contribution < 1.29 is 4.74 Å². The van der Waals surface area contributed by atoms with Gasteiger partial charge in [0.2, 0.25) is 0 Å². The Morgan fingerprint density at radius 3 is 2.38 bits per heavy atom. The van der Waals surface area contributed by atoms with Crippen molar-refractivity contribution in [1.29, 1.82) is 0 Å². The molecule has 0 aromatic heterocycles. The van der Waals surface area contributed by atoms with Crippen LogP contribution in [0.1, 0.15) is 70.9 Å². The minimum atomic E-state index is 0.239. The molecule has 2 nitrogen and oxygen atoms in total. The topological polar surface area (TPSA) is 21.3 Å². The summed E-state index contributed by atoms with van der Waals surface area (Å²) < 4.78 is 5.73. The van der Waals surface area contributed by atoms with Crippen LogP contribution in [0.25, 0.3) is 0 Å². The van der Waals surface area contributed by atoms with Crippen LogP contribution in [0.4, 0.5) is 0 Å². The Morgan fingerprint density at radius 1 is 1.14 bits per heavy atom. The smallest absolute Gasteiger partial charge is 0.119 e. The van der Waals surface area contributed by atoms with Crippen molar-refractivity contribution >= 4 is 0 Å². The third-order valence-corrected chi connectivity index (χ3v) is 4.44. The van der Waals surface area contributed by atoms with Crippen LogP contribution in [0.2, 0.25) is 0 Å². The minimum Gasteiger partial charge on any atom is -0.491 e. The molecule has 1 aliphatic rings. The predicted molar refractivity (Wildman–Crippen MR) is 89.8 cm³/mol. The summed E-state index contributed by atoms with van der Waals surface area (Å²) in [5.74, 6) is 1.94. The summed E-state index contributed by atoms with van der Waals surface area (Å²) in [6.45, 7) is 7.35. The normalized spacial score (nSPS) is 17.3. The lowest BCUT2D eigenvalue weighted by Gasteiger charge is -2.21. The van der Waals surface area contributed by atoms with Gasteiger partial charge in [0.15, 0.2) is 0 Å². The van der Waals surface area contributed by atoms with E-state index in [1.807, 2.05) is 0 Å².